The van der Waals surface area contributed by atoms with E-state index in [2.05, 4.69) is 15.9 Å². The molecule has 0 atom stereocenters. The zero-order valence-electron chi connectivity index (χ0n) is 11.3. The van der Waals surface area contributed by atoms with Crippen molar-refractivity contribution >= 4 is 39.1 Å². The van der Waals surface area contributed by atoms with Crippen LogP contribution in [0.3, 0.4) is 0 Å². The Morgan fingerprint density at radius 2 is 2.10 bits per heavy atom. The molecular weight excluding hydrogens is 352 g/mol. The van der Waals surface area contributed by atoms with E-state index in [1.165, 1.54) is 0 Å². The molecule has 1 amide bonds. The number of nitrogens with zero attached hydrogens (tertiary/aromatic N) is 1. The number of anilines is 1. The third-order valence-electron chi connectivity index (χ3n) is 3.75. The molecule has 0 radical (unpaired) electrons. The van der Waals surface area contributed by atoms with Gasteiger partial charge in [0.15, 0.2) is 0 Å². The van der Waals surface area contributed by atoms with Crippen molar-refractivity contribution < 1.29 is 4.79 Å². The maximum absolute atomic E-state index is 12.7. The quantitative estimate of drug-likeness (QED) is 0.780. The molecular formula is C16H14BrClN2O. The van der Waals surface area contributed by atoms with Gasteiger partial charge in [-0.1, -0.05) is 39.7 Å². The number of hydrogen-bond donors (Lipinski definition) is 1. The molecule has 0 bridgehead atoms. The van der Waals surface area contributed by atoms with Crippen LogP contribution < -0.4 is 5.73 Å². The zero-order chi connectivity index (χ0) is 15.0. The molecule has 3 nitrogen and oxygen atoms in total. The summed E-state index contributed by atoms with van der Waals surface area (Å²) in [6.07, 6.45) is 0.777. The number of nitrogen functional groups attached to an aromatic ring is 1. The molecule has 21 heavy (non-hydrogen) atoms. The largest absolute Gasteiger partial charge is 0.398 e. The Kier molecular flexibility index (Phi) is 3.91. The first kappa shape index (κ1) is 14.4. The zero-order valence-corrected chi connectivity index (χ0v) is 13.6. The SMILES string of the molecule is Nc1cccc2c1CCN(C(=O)c1cc(Br)ccc1Cl)C2. The number of rotatable bonds is 1. The first-order valence-electron chi connectivity index (χ1n) is 6.67. The second-order valence-corrected chi connectivity index (χ2v) is 6.41. The monoisotopic (exact) mass is 364 g/mol. The summed E-state index contributed by atoms with van der Waals surface area (Å²) >= 11 is 9.53. The van der Waals surface area contributed by atoms with Gasteiger partial charge in [0.1, 0.15) is 0 Å². The van der Waals surface area contributed by atoms with Crippen LogP contribution in [0.2, 0.25) is 5.02 Å². The van der Waals surface area contributed by atoms with Crippen molar-refractivity contribution in [1.29, 1.82) is 0 Å². The maximum Gasteiger partial charge on any atom is 0.255 e. The fourth-order valence-electron chi connectivity index (χ4n) is 2.64. The summed E-state index contributed by atoms with van der Waals surface area (Å²) in [6, 6.07) is 11.2. The molecule has 1 heterocycles. The molecule has 108 valence electrons. The van der Waals surface area contributed by atoms with Crippen molar-refractivity contribution in [2.24, 2.45) is 0 Å². The molecule has 2 aromatic rings. The standard InChI is InChI=1S/C16H14BrClN2O/c17-11-4-5-14(18)13(8-11)16(21)20-7-6-12-10(9-20)2-1-3-15(12)19/h1-5,8H,6-7,9,19H2. The van der Waals surface area contributed by atoms with Crippen LogP contribution in [0.1, 0.15) is 21.5 Å². The maximum atomic E-state index is 12.7. The second-order valence-electron chi connectivity index (χ2n) is 5.09. The van der Waals surface area contributed by atoms with Gasteiger partial charge in [-0.15, -0.1) is 0 Å². The summed E-state index contributed by atoms with van der Waals surface area (Å²) in [7, 11) is 0. The van der Waals surface area contributed by atoms with Crippen molar-refractivity contribution in [3.8, 4) is 0 Å². The Hall–Kier alpha value is -1.52. The lowest BCUT2D eigenvalue weighted by molar-refractivity contribution is 0.0735. The summed E-state index contributed by atoms with van der Waals surface area (Å²) in [5.74, 6) is -0.0469. The van der Waals surface area contributed by atoms with Crippen molar-refractivity contribution in [1.82, 2.24) is 4.90 Å². The van der Waals surface area contributed by atoms with Gasteiger partial charge in [-0.05, 0) is 41.8 Å². The lowest BCUT2D eigenvalue weighted by Crippen LogP contribution is -2.36. The van der Waals surface area contributed by atoms with E-state index < -0.39 is 0 Å². The van der Waals surface area contributed by atoms with E-state index >= 15 is 0 Å². The molecule has 0 fully saturated rings. The number of carbonyl (C=O) groups excluding carboxylic acids is 1. The van der Waals surface area contributed by atoms with Crippen LogP contribution >= 0.6 is 27.5 Å². The smallest absolute Gasteiger partial charge is 0.255 e. The van der Waals surface area contributed by atoms with Crippen molar-refractivity contribution in [3.05, 3.63) is 62.6 Å². The number of carbonyl (C=O) groups is 1. The van der Waals surface area contributed by atoms with Crippen molar-refractivity contribution in [3.63, 3.8) is 0 Å². The average Bonchev–Trinajstić information content (AvgIpc) is 2.49. The van der Waals surface area contributed by atoms with Gasteiger partial charge < -0.3 is 10.6 Å². The average molecular weight is 366 g/mol. The minimum atomic E-state index is -0.0469. The predicted molar refractivity (Wildman–Crippen MR) is 88.5 cm³/mol. The normalized spacial score (nSPS) is 13.9. The molecule has 2 N–H and O–H groups in total. The van der Waals surface area contributed by atoms with Crippen LogP contribution in [0, 0.1) is 0 Å². The molecule has 0 spiro atoms. The highest BCUT2D eigenvalue weighted by atomic mass is 79.9. The van der Waals surface area contributed by atoms with Gasteiger partial charge in [-0.3, -0.25) is 4.79 Å². The molecule has 0 aromatic heterocycles. The van der Waals surface area contributed by atoms with Gasteiger partial charge in [-0.2, -0.15) is 0 Å². The van der Waals surface area contributed by atoms with Gasteiger partial charge >= 0.3 is 0 Å². The summed E-state index contributed by atoms with van der Waals surface area (Å²) in [6.45, 7) is 1.23. The third kappa shape index (κ3) is 2.78. The highest BCUT2D eigenvalue weighted by Gasteiger charge is 2.24. The molecule has 5 heteroatoms. The van der Waals surface area contributed by atoms with Gasteiger partial charge in [-0.25, -0.2) is 0 Å². The molecule has 1 aliphatic heterocycles. The van der Waals surface area contributed by atoms with Gasteiger partial charge in [0, 0.05) is 23.2 Å². The molecule has 1 aliphatic rings. The van der Waals surface area contributed by atoms with Crippen LogP contribution in [-0.2, 0) is 13.0 Å². The van der Waals surface area contributed by atoms with Crippen LogP contribution in [0.25, 0.3) is 0 Å². The number of amides is 1. The van der Waals surface area contributed by atoms with E-state index in [1.807, 2.05) is 29.2 Å². The lowest BCUT2D eigenvalue weighted by Gasteiger charge is -2.30. The van der Waals surface area contributed by atoms with Gasteiger partial charge in [0.05, 0.1) is 10.6 Å². The number of benzene rings is 2. The Labute approximate surface area is 136 Å². The van der Waals surface area contributed by atoms with E-state index in [-0.39, 0.29) is 5.91 Å². The fraction of sp³-hybridized carbons (Fsp3) is 0.188. The highest BCUT2D eigenvalue weighted by Crippen LogP contribution is 2.27. The highest BCUT2D eigenvalue weighted by molar-refractivity contribution is 9.10. The lowest BCUT2D eigenvalue weighted by atomic mass is 9.97. The summed E-state index contributed by atoms with van der Waals surface area (Å²) in [5.41, 5.74) is 9.59. The van der Waals surface area contributed by atoms with Gasteiger partial charge in [0.25, 0.3) is 5.91 Å². The topological polar surface area (TPSA) is 46.3 Å². The predicted octanol–water partition coefficient (Wildman–Crippen LogP) is 3.88. The Balaban J connectivity index is 1.89. The third-order valence-corrected chi connectivity index (χ3v) is 4.57. The number of halogens is 2. The fourth-order valence-corrected chi connectivity index (χ4v) is 3.20. The van der Waals surface area contributed by atoms with E-state index in [0.717, 1.165) is 27.7 Å². The molecule has 0 aliphatic carbocycles. The van der Waals surface area contributed by atoms with Gasteiger partial charge in [0.2, 0.25) is 0 Å². The number of fused-ring (bicyclic) bond motifs is 1. The van der Waals surface area contributed by atoms with Crippen LogP contribution in [-0.4, -0.2) is 17.4 Å². The molecule has 3 rings (SSSR count). The molecule has 0 saturated carbocycles. The van der Waals surface area contributed by atoms with Crippen molar-refractivity contribution in [2.75, 3.05) is 12.3 Å². The van der Waals surface area contributed by atoms with E-state index in [4.69, 9.17) is 17.3 Å². The van der Waals surface area contributed by atoms with E-state index in [9.17, 15) is 4.79 Å². The minimum Gasteiger partial charge on any atom is -0.398 e. The van der Waals surface area contributed by atoms with E-state index in [1.54, 1.807) is 12.1 Å². The molecule has 0 unspecified atom stereocenters. The number of nitrogens with two attached hydrogens (primary N) is 1. The van der Waals surface area contributed by atoms with Crippen LogP contribution in [0.4, 0.5) is 5.69 Å². The van der Waals surface area contributed by atoms with Crippen LogP contribution in [0.15, 0.2) is 40.9 Å². The second kappa shape index (κ2) is 5.70. The Morgan fingerprint density at radius 1 is 1.29 bits per heavy atom. The van der Waals surface area contributed by atoms with Crippen LogP contribution in [0.5, 0.6) is 0 Å². The first-order valence-corrected chi connectivity index (χ1v) is 7.84. The summed E-state index contributed by atoms with van der Waals surface area (Å²) < 4.78 is 0.844. The minimum absolute atomic E-state index is 0.0469. The summed E-state index contributed by atoms with van der Waals surface area (Å²) in [5, 5.41) is 0.474. The molecule has 2 aromatic carbocycles. The molecule has 0 saturated heterocycles. The van der Waals surface area contributed by atoms with Crippen molar-refractivity contribution in [2.45, 2.75) is 13.0 Å². The Morgan fingerprint density at radius 3 is 2.90 bits per heavy atom. The van der Waals surface area contributed by atoms with E-state index in [0.29, 0.717) is 23.7 Å². The number of hydrogen-bond acceptors (Lipinski definition) is 2. The summed E-state index contributed by atoms with van der Waals surface area (Å²) in [4.78, 5) is 14.5. The Bertz CT molecular complexity index is 717. The first-order chi connectivity index (χ1) is 10.1.